The molecule has 0 bridgehead atoms. The van der Waals surface area contributed by atoms with Gasteiger partial charge >= 0.3 is 0 Å². The van der Waals surface area contributed by atoms with Crippen LogP contribution in [-0.2, 0) is 0 Å². The Morgan fingerprint density at radius 1 is 1.64 bits per heavy atom. The van der Waals surface area contributed by atoms with Crippen molar-refractivity contribution in [3.63, 3.8) is 0 Å². The lowest BCUT2D eigenvalue weighted by molar-refractivity contribution is 0.488. The Morgan fingerprint density at radius 3 is 3.14 bits per heavy atom. The van der Waals surface area contributed by atoms with Crippen molar-refractivity contribution in [2.45, 2.75) is 13.3 Å². The molecule has 0 amide bonds. The molecule has 0 aliphatic carbocycles. The van der Waals surface area contributed by atoms with Crippen LogP contribution in [-0.4, -0.2) is 42.9 Å². The van der Waals surface area contributed by atoms with Gasteiger partial charge in [-0.1, -0.05) is 6.92 Å². The lowest BCUT2D eigenvalue weighted by Crippen LogP contribution is -2.35. The van der Waals surface area contributed by atoms with Crippen LogP contribution in [0.2, 0.25) is 0 Å². The molecule has 4 nitrogen and oxygen atoms in total. The molecule has 2 aliphatic heterocycles. The third-order valence-corrected chi connectivity index (χ3v) is 2.84. The molecule has 76 valence electrons. The van der Waals surface area contributed by atoms with Gasteiger partial charge in [-0.05, 0) is 6.42 Å². The number of hydrogen-bond donors (Lipinski definition) is 1. The summed E-state index contributed by atoms with van der Waals surface area (Å²) in [4.78, 5) is 10.9. The minimum absolute atomic E-state index is 0.341. The van der Waals surface area contributed by atoms with E-state index < -0.39 is 0 Å². The molecule has 1 N–H and O–H groups in total. The highest BCUT2D eigenvalue weighted by Gasteiger charge is 2.26. The summed E-state index contributed by atoms with van der Waals surface area (Å²) >= 11 is 0. The average Bonchev–Trinajstić information content (AvgIpc) is 2.67. The van der Waals surface area contributed by atoms with E-state index in [0.29, 0.717) is 18.5 Å². The number of nitrogens with zero attached hydrogens (tertiary/aromatic N) is 3. The predicted molar refractivity (Wildman–Crippen MR) is 58.4 cm³/mol. The number of nitrogens with one attached hydrogen (secondary N) is 1. The summed E-state index contributed by atoms with van der Waals surface area (Å²) in [5.74, 6) is 1.92. The molecule has 0 radical (unpaired) electrons. The molecular weight excluding hydrogens is 176 g/mol. The Balaban J connectivity index is 2.02. The quantitative estimate of drug-likeness (QED) is 0.620. The maximum absolute atomic E-state index is 7.24. The van der Waals surface area contributed by atoms with E-state index >= 15 is 0 Å². The van der Waals surface area contributed by atoms with Gasteiger partial charge in [0.05, 0.1) is 0 Å². The normalized spacial score (nSPS) is 31.8. The van der Waals surface area contributed by atoms with Gasteiger partial charge in [-0.15, -0.1) is 0 Å². The van der Waals surface area contributed by atoms with Gasteiger partial charge in [-0.2, -0.15) is 0 Å². The Bertz CT molecular complexity index is 282. The Hall–Kier alpha value is -1.19. The van der Waals surface area contributed by atoms with Crippen LogP contribution in [0.25, 0.3) is 0 Å². The fourth-order valence-electron chi connectivity index (χ4n) is 2.05. The van der Waals surface area contributed by atoms with Gasteiger partial charge in [-0.25, -0.2) is 4.99 Å². The van der Waals surface area contributed by atoms with Gasteiger partial charge in [0.15, 0.2) is 0 Å². The van der Waals surface area contributed by atoms with Crippen molar-refractivity contribution < 1.29 is 0 Å². The van der Waals surface area contributed by atoms with Crippen LogP contribution in [0.15, 0.2) is 9.98 Å². The zero-order valence-electron chi connectivity index (χ0n) is 8.48. The molecule has 2 rings (SSSR count). The lowest BCUT2D eigenvalue weighted by atomic mass is 10.1. The van der Waals surface area contributed by atoms with E-state index in [0.717, 1.165) is 25.3 Å². The Kier molecular flexibility index (Phi) is 2.61. The van der Waals surface area contributed by atoms with Crippen LogP contribution in [0.4, 0.5) is 0 Å². The van der Waals surface area contributed by atoms with Crippen LogP contribution in [0.3, 0.4) is 0 Å². The number of likely N-dealkylation sites (tertiary alicyclic amines) is 1. The number of amidine groups is 1. The van der Waals surface area contributed by atoms with Crippen LogP contribution >= 0.6 is 0 Å². The molecule has 1 saturated heterocycles. The highest BCUT2D eigenvalue weighted by molar-refractivity contribution is 5.98. The van der Waals surface area contributed by atoms with Gasteiger partial charge in [0.25, 0.3) is 0 Å². The molecule has 2 unspecified atom stereocenters. The third kappa shape index (κ3) is 1.69. The summed E-state index contributed by atoms with van der Waals surface area (Å²) in [6.45, 7) is 4.70. The molecule has 14 heavy (non-hydrogen) atoms. The SMILES string of the molecule is CC1C=NCN=C1N1CCC(C=N)C1. The smallest absolute Gasteiger partial charge is 0.131 e. The fourth-order valence-corrected chi connectivity index (χ4v) is 2.05. The fraction of sp³-hybridized carbons (Fsp3) is 0.700. The molecule has 1 fully saturated rings. The van der Waals surface area contributed by atoms with Crippen molar-refractivity contribution in [3.8, 4) is 0 Å². The maximum atomic E-state index is 7.24. The standard InChI is InChI=1S/C10H16N4/c1-8-5-12-7-13-10(8)14-3-2-9(4-11)6-14/h4-5,8-9,11H,2-3,6-7H2,1H3. The first kappa shape index (κ1) is 9.37. The zero-order valence-corrected chi connectivity index (χ0v) is 8.48. The molecule has 0 spiro atoms. The lowest BCUT2D eigenvalue weighted by Gasteiger charge is -2.25. The second-order valence-corrected chi connectivity index (χ2v) is 3.94. The summed E-state index contributed by atoms with van der Waals surface area (Å²) in [6.07, 6.45) is 4.62. The van der Waals surface area contributed by atoms with Crippen LogP contribution in [0.1, 0.15) is 13.3 Å². The van der Waals surface area contributed by atoms with Crippen molar-refractivity contribution in [1.29, 1.82) is 5.41 Å². The maximum Gasteiger partial charge on any atom is 0.131 e. The van der Waals surface area contributed by atoms with Crippen molar-refractivity contribution >= 4 is 18.3 Å². The first-order chi connectivity index (χ1) is 6.81. The zero-order chi connectivity index (χ0) is 9.97. The van der Waals surface area contributed by atoms with Crippen molar-refractivity contribution in [2.75, 3.05) is 19.8 Å². The first-order valence-corrected chi connectivity index (χ1v) is 5.11. The molecule has 0 aromatic heterocycles. The van der Waals surface area contributed by atoms with Crippen LogP contribution in [0.5, 0.6) is 0 Å². The van der Waals surface area contributed by atoms with Crippen LogP contribution in [0, 0.1) is 17.2 Å². The average molecular weight is 192 g/mol. The third-order valence-electron chi connectivity index (χ3n) is 2.84. The van der Waals surface area contributed by atoms with E-state index in [1.54, 1.807) is 6.21 Å². The topological polar surface area (TPSA) is 51.8 Å². The van der Waals surface area contributed by atoms with Gasteiger partial charge in [0, 0.05) is 37.4 Å². The monoisotopic (exact) mass is 192 g/mol. The van der Waals surface area contributed by atoms with E-state index in [4.69, 9.17) is 5.41 Å². The number of hydrogen-bond acceptors (Lipinski definition) is 4. The molecule has 0 aromatic rings. The van der Waals surface area contributed by atoms with E-state index in [2.05, 4.69) is 21.8 Å². The largest absolute Gasteiger partial charge is 0.359 e. The molecule has 2 heterocycles. The van der Waals surface area contributed by atoms with Gasteiger partial charge < -0.3 is 10.3 Å². The molecule has 0 aromatic carbocycles. The summed E-state index contributed by atoms with van der Waals surface area (Å²) in [7, 11) is 0. The van der Waals surface area contributed by atoms with Crippen molar-refractivity contribution in [2.24, 2.45) is 21.8 Å². The highest BCUT2D eigenvalue weighted by Crippen LogP contribution is 2.18. The van der Waals surface area contributed by atoms with Gasteiger partial charge in [0.1, 0.15) is 12.5 Å². The predicted octanol–water partition coefficient (Wildman–Crippen LogP) is 1.03. The van der Waals surface area contributed by atoms with E-state index in [9.17, 15) is 0 Å². The Morgan fingerprint density at radius 2 is 2.50 bits per heavy atom. The minimum Gasteiger partial charge on any atom is -0.359 e. The second-order valence-electron chi connectivity index (χ2n) is 3.94. The highest BCUT2D eigenvalue weighted by atomic mass is 15.2. The molecule has 2 aliphatic rings. The van der Waals surface area contributed by atoms with E-state index in [1.807, 2.05) is 6.21 Å². The molecule has 4 heteroatoms. The van der Waals surface area contributed by atoms with Crippen LogP contribution < -0.4 is 0 Å². The van der Waals surface area contributed by atoms with Gasteiger partial charge in [0.2, 0.25) is 0 Å². The molecular formula is C10H16N4. The summed E-state index contributed by atoms with van der Waals surface area (Å²) in [6, 6.07) is 0. The first-order valence-electron chi connectivity index (χ1n) is 5.11. The minimum atomic E-state index is 0.341. The Labute approximate surface area is 84.2 Å². The molecule has 0 saturated carbocycles. The second kappa shape index (κ2) is 3.90. The number of aliphatic imine (C=N–C) groups is 2. The summed E-state index contributed by atoms with van der Waals surface area (Å²) < 4.78 is 0. The van der Waals surface area contributed by atoms with E-state index in [-0.39, 0.29) is 0 Å². The van der Waals surface area contributed by atoms with Gasteiger partial charge in [-0.3, -0.25) is 4.99 Å². The summed E-state index contributed by atoms with van der Waals surface area (Å²) in [5.41, 5.74) is 0. The van der Waals surface area contributed by atoms with Crippen molar-refractivity contribution in [3.05, 3.63) is 0 Å². The van der Waals surface area contributed by atoms with E-state index in [1.165, 1.54) is 0 Å². The molecule has 2 atom stereocenters. The van der Waals surface area contributed by atoms with Crippen molar-refractivity contribution in [1.82, 2.24) is 4.90 Å². The summed E-state index contributed by atoms with van der Waals surface area (Å²) in [5, 5.41) is 7.24. The number of rotatable bonds is 1.